The minimum atomic E-state index is -3.59. The van der Waals surface area contributed by atoms with Crippen LogP contribution in [0.25, 0.3) is 0 Å². The number of carboxylic acid groups (broad SMARTS) is 1. The molecule has 1 N–H and O–H groups in total. The molecule has 0 aromatic carbocycles. The van der Waals surface area contributed by atoms with Crippen LogP contribution in [-0.2, 0) is 19.6 Å². The van der Waals surface area contributed by atoms with Gasteiger partial charge in [-0.3, -0.25) is 9.59 Å². The highest BCUT2D eigenvalue weighted by molar-refractivity contribution is 7.94. The van der Waals surface area contributed by atoms with Gasteiger partial charge >= 0.3 is 5.97 Å². The van der Waals surface area contributed by atoms with E-state index in [1.54, 1.807) is 0 Å². The van der Waals surface area contributed by atoms with E-state index in [4.69, 9.17) is 5.11 Å². The van der Waals surface area contributed by atoms with Crippen molar-refractivity contribution in [3.8, 4) is 0 Å². The molecule has 0 unspecified atom stereocenters. The normalized spacial score (nSPS) is 34.5. The van der Waals surface area contributed by atoms with Crippen LogP contribution in [0, 0.1) is 5.92 Å². The predicted octanol–water partition coefficient (Wildman–Crippen LogP) is 0.190. The summed E-state index contributed by atoms with van der Waals surface area (Å²) in [4.78, 5) is 22.6. The summed E-state index contributed by atoms with van der Waals surface area (Å²) < 4.78 is 23.3. The van der Waals surface area contributed by atoms with Gasteiger partial charge in [0, 0.05) is 6.04 Å². The zero-order valence-corrected chi connectivity index (χ0v) is 10.5. The molecular formula is C10H15NO5S. The van der Waals surface area contributed by atoms with Gasteiger partial charge in [0.2, 0.25) is 0 Å². The number of rotatable bonds is 2. The van der Waals surface area contributed by atoms with Gasteiger partial charge in [0.1, 0.15) is 0 Å². The molecular weight excluding hydrogens is 246 g/mol. The van der Waals surface area contributed by atoms with Crippen LogP contribution in [0.1, 0.15) is 33.1 Å². The molecule has 0 aromatic rings. The van der Waals surface area contributed by atoms with Gasteiger partial charge in [0.05, 0.1) is 5.92 Å². The topological polar surface area (TPSA) is 91.8 Å². The molecule has 1 saturated heterocycles. The van der Waals surface area contributed by atoms with Crippen LogP contribution in [-0.4, -0.2) is 40.5 Å². The summed E-state index contributed by atoms with van der Waals surface area (Å²) in [5.74, 6) is -1.88. The Labute approximate surface area is 99.6 Å². The number of hydrogen-bond acceptors (Lipinski definition) is 4. The van der Waals surface area contributed by atoms with Crippen LogP contribution in [0.5, 0.6) is 0 Å². The summed E-state index contributed by atoms with van der Waals surface area (Å²) in [6, 6.07) is -0.471. The number of carboxylic acids is 1. The van der Waals surface area contributed by atoms with Crippen molar-refractivity contribution in [2.75, 3.05) is 0 Å². The molecule has 1 saturated carbocycles. The van der Waals surface area contributed by atoms with Gasteiger partial charge in [-0.1, -0.05) is 0 Å². The first kappa shape index (κ1) is 12.3. The van der Waals surface area contributed by atoms with Gasteiger partial charge in [-0.15, -0.1) is 0 Å². The molecule has 1 aliphatic carbocycles. The predicted molar refractivity (Wildman–Crippen MR) is 58.6 cm³/mol. The summed E-state index contributed by atoms with van der Waals surface area (Å²) in [5, 5.41) is 8.85. The van der Waals surface area contributed by atoms with E-state index >= 15 is 0 Å². The quantitative estimate of drug-likeness (QED) is 0.766. The van der Waals surface area contributed by atoms with E-state index in [1.807, 2.05) is 0 Å². The third-order valence-corrected chi connectivity index (χ3v) is 6.15. The number of carbonyl (C=O) groups excluding carboxylic acids is 1. The average molecular weight is 261 g/mol. The monoisotopic (exact) mass is 261 g/mol. The summed E-state index contributed by atoms with van der Waals surface area (Å²) in [5.41, 5.74) is 0. The number of nitrogens with zero attached hydrogens (tertiary/aromatic N) is 1. The Balaban J connectivity index is 2.18. The van der Waals surface area contributed by atoms with Crippen LogP contribution >= 0.6 is 0 Å². The first-order valence-corrected chi connectivity index (χ1v) is 6.95. The van der Waals surface area contributed by atoms with Crippen molar-refractivity contribution in [2.24, 2.45) is 5.92 Å². The molecule has 1 aliphatic heterocycles. The van der Waals surface area contributed by atoms with Gasteiger partial charge in [-0.2, -0.15) is 0 Å². The standard InChI is InChI=1S/C10H15NO5S/c1-10(2)9(14)11(17(10,15)16)7-4-3-6(5-7)8(12)13/h6-7H,3-5H2,1-2H3,(H,12,13)/t6-,7+/m1/s1. The molecule has 0 spiro atoms. The van der Waals surface area contributed by atoms with Crippen molar-refractivity contribution < 1.29 is 23.1 Å². The molecule has 2 rings (SSSR count). The Morgan fingerprint density at radius 1 is 1.41 bits per heavy atom. The number of sulfonamides is 1. The Bertz CT molecular complexity index is 481. The lowest BCUT2D eigenvalue weighted by atomic mass is 10.1. The van der Waals surface area contributed by atoms with E-state index in [1.165, 1.54) is 13.8 Å². The average Bonchev–Trinajstić information content (AvgIpc) is 2.66. The van der Waals surface area contributed by atoms with Gasteiger partial charge in [0.25, 0.3) is 15.9 Å². The van der Waals surface area contributed by atoms with E-state index < -0.39 is 38.6 Å². The highest BCUT2D eigenvalue weighted by Gasteiger charge is 2.62. The van der Waals surface area contributed by atoms with Crippen molar-refractivity contribution in [1.82, 2.24) is 4.31 Å². The first-order valence-electron chi connectivity index (χ1n) is 5.51. The molecule has 7 heteroatoms. The fraction of sp³-hybridized carbons (Fsp3) is 0.800. The van der Waals surface area contributed by atoms with Crippen LogP contribution in [0.4, 0.5) is 0 Å². The number of carbonyl (C=O) groups is 2. The van der Waals surface area contributed by atoms with Crippen LogP contribution in [0.2, 0.25) is 0 Å². The Morgan fingerprint density at radius 3 is 2.41 bits per heavy atom. The van der Waals surface area contributed by atoms with Crippen molar-refractivity contribution >= 4 is 21.9 Å². The zero-order chi connectivity index (χ0) is 13.0. The third kappa shape index (κ3) is 1.48. The van der Waals surface area contributed by atoms with E-state index in [2.05, 4.69) is 0 Å². The Morgan fingerprint density at radius 2 is 2.00 bits per heavy atom. The maximum atomic E-state index is 11.9. The number of aliphatic carboxylic acids is 1. The van der Waals surface area contributed by atoms with Crippen molar-refractivity contribution in [1.29, 1.82) is 0 Å². The van der Waals surface area contributed by atoms with Crippen molar-refractivity contribution in [3.63, 3.8) is 0 Å². The molecule has 0 bridgehead atoms. The molecule has 0 aromatic heterocycles. The van der Waals surface area contributed by atoms with E-state index in [-0.39, 0.29) is 6.42 Å². The van der Waals surface area contributed by atoms with Crippen LogP contribution in [0.3, 0.4) is 0 Å². The van der Waals surface area contributed by atoms with Gasteiger partial charge in [-0.05, 0) is 33.1 Å². The maximum Gasteiger partial charge on any atom is 0.306 e. The molecule has 17 heavy (non-hydrogen) atoms. The van der Waals surface area contributed by atoms with Gasteiger partial charge in [-0.25, -0.2) is 12.7 Å². The molecule has 1 heterocycles. The minimum absolute atomic E-state index is 0.233. The zero-order valence-electron chi connectivity index (χ0n) is 9.71. The molecule has 96 valence electrons. The van der Waals surface area contributed by atoms with E-state index in [0.29, 0.717) is 12.8 Å². The largest absolute Gasteiger partial charge is 0.481 e. The fourth-order valence-corrected chi connectivity index (χ4v) is 4.16. The molecule has 1 amide bonds. The summed E-state index contributed by atoms with van der Waals surface area (Å²) in [7, 11) is -3.59. The Hall–Kier alpha value is -1.11. The van der Waals surface area contributed by atoms with E-state index in [0.717, 1.165) is 4.31 Å². The van der Waals surface area contributed by atoms with E-state index in [9.17, 15) is 18.0 Å². The van der Waals surface area contributed by atoms with Crippen molar-refractivity contribution in [3.05, 3.63) is 0 Å². The lowest BCUT2D eigenvalue weighted by Gasteiger charge is -2.46. The Kier molecular flexibility index (Phi) is 2.50. The SMILES string of the molecule is CC1(C)C(=O)N([C@H]2CC[C@@H](C(=O)O)C2)S1(=O)=O. The highest BCUT2D eigenvalue weighted by atomic mass is 32.2. The van der Waals surface area contributed by atoms with Gasteiger partial charge in [0.15, 0.2) is 4.75 Å². The maximum absolute atomic E-state index is 11.9. The molecule has 6 nitrogen and oxygen atoms in total. The minimum Gasteiger partial charge on any atom is -0.481 e. The second-order valence-electron chi connectivity index (χ2n) is 5.12. The second-order valence-corrected chi connectivity index (χ2v) is 7.48. The second kappa shape index (κ2) is 3.44. The number of hydrogen-bond donors (Lipinski definition) is 1. The van der Waals surface area contributed by atoms with Crippen LogP contribution in [0.15, 0.2) is 0 Å². The molecule has 2 aliphatic rings. The summed E-state index contributed by atoms with van der Waals surface area (Å²) in [6.45, 7) is 2.76. The summed E-state index contributed by atoms with van der Waals surface area (Å²) >= 11 is 0. The highest BCUT2D eigenvalue weighted by Crippen LogP contribution is 2.42. The fourth-order valence-electron chi connectivity index (χ4n) is 2.45. The lowest BCUT2D eigenvalue weighted by Crippen LogP contribution is -2.69. The smallest absolute Gasteiger partial charge is 0.306 e. The van der Waals surface area contributed by atoms with Crippen molar-refractivity contribution in [2.45, 2.75) is 43.9 Å². The van der Waals surface area contributed by atoms with Crippen LogP contribution < -0.4 is 0 Å². The molecule has 2 atom stereocenters. The first-order chi connectivity index (χ1) is 7.69. The molecule has 0 radical (unpaired) electrons. The molecule has 2 fully saturated rings. The van der Waals surface area contributed by atoms with Gasteiger partial charge < -0.3 is 5.11 Å². The lowest BCUT2D eigenvalue weighted by molar-refractivity contribution is -0.142. The third-order valence-electron chi connectivity index (χ3n) is 3.70. The number of amides is 1. The summed E-state index contributed by atoms with van der Waals surface area (Å²) in [6.07, 6.45) is 1.11.